The lowest BCUT2D eigenvalue weighted by Crippen LogP contribution is -2.31. The van der Waals surface area contributed by atoms with E-state index in [0.717, 1.165) is 43.6 Å². The van der Waals surface area contributed by atoms with Gasteiger partial charge in [0.25, 0.3) is 5.22 Å². The average molecular weight is 401 g/mol. The van der Waals surface area contributed by atoms with Gasteiger partial charge in [-0.25, -0.2) is 0 Å². The number of anilines is 1. The first kappa shape index (κ1) is 20.5. The van der Waals surface area contributed by atoms with Crippen LogP contribution >= 0.6 is 11.8 Å². The van der Waals surface area contributed by atoms with Gasteiger partial charge in [-0.2, -0.15) is 0 Å². The Morgan fingerprint density at radius 1 is 1.11 bits per heavy atom. The van der Waals surface area contributed by atoms with Gasteiger partial charge in [0, 0.05) is 36.6 Å². The van der Waals surface area contributed by atoms with Gasteiger partial charge in [-0.15, -0.1) is 10.2 Å². The molecule has 0 fully saturated rings. The maximum atomic E-state index is 12.5. The van der Waals surface area contributed by atoms with Gasteiger partial charge >= 0.3 is 0 Å². The van der Waals surface area contributed by atoms with Crippen molar-refractivity contribution in [2.75, 3.05) is 30.3 Å². The number of hydrogen-bond acceptors (Lipinski definition) is 6. The van der Waals surface area contributed by atoms with Gasteiger partial charge in [-0.3, -0.25) is 4.79 Å². The van der Waals surface area contributed by atoms with Gasteiger partial charge in [0.1, 0.15) is 0 Å². The van der Waals surface area contributed by atoms with Crippen molar-refractivity contribution in [3.05, 3.63) is 36.0 Å². The van der Waals surface area contributed by atoms with Crippen LogP contribution in [0.2, 0.25) is 0 Å². The Morgan fingerprint density at radius 2 is 1.86 bits per heavy atom. The third-order valence-electron chi connectivity index (χ3n) is 4.95. The maximum Gasteiger partial charge on any atom is 0.277 e. The Bertz CT molecular complexity index is 812. The summed E-state index contributed by atoms with van der Waals surface area (Å²) in [6.45, 7) is 8.92. The van der Waals surface area contributed by atoms with Gasteiger partial charge in [0.2, 0.25) is 11.8 Å². The van der Waals surface area contributed by atoms with E-state index in [2.05, 4.69) is 47.2 Å². The molecule has 0 spiro atoms. The second kappa shape index (κ2) is 9.78. The third-order valence-corrected chi connectivity index (χ3v) is 5.75. The summed E-state index contributed by atoms with van der Waals surface area (Å²) < 4.78 is 5.75. The topological polar surface area (TPSA) is 62.5 Å². The largest absolute Gasteiger partial charge is 0.411 e. The Kier molecular flexibility index (Phi) is 7.14. The number of hydrogen-bond donors (Lipinski definition) is 0. The molecule has 1 aromatic carbocycles. The smallest absolute Gasteiger partial charge is 0.277 e. The van der Waals surface area contributed by atoms with Crippen molar-refractivity contribution < 1.29 is 9.21 Å². The van der Waals surface area contributed by atoms with Gasteiger partial charge in [-0.05, 0) is 64.3 Å². The normalized spacial score (nSPS) is 13.5. The lowest BCUT2D eigenvalue weighted by atomic mass is 10.2. The number of carbonyl (C=O) groups excluding carboxylic acids is 1. The van der Waals surface area contributed by atoms with Gasteiger partial charge < -0.3 is 14.2 Å². The van der Waals surface area contributed by atoms with Crippen molar-refractivity contribution in [3.8, 4) is 11.5 Å². The van der Waals surface area contributed by atoms with Crippen LogP contribution in [0.4, 0.5) is 5.69 Å². The molecule has 0 saturated carbocycles. The van der Waals surface area contributed by atoms with E-state index in [-0.39, 0.29) is 5.91 Å². The van der Waals surface area contributed by atoms with Gasteiger partial charge in [0.05, 0.1) is 5.75 Å². The molecule has 150 valence electrons. The molecule has 2 aromatic rings. The molecule has 3 rings (SSSR count). The van der Waals surface area contributed by atoms with Crippen LogP contribution in [-0.4, -0.2) is 46.4 Å². The van der Waals surface area contributed by atoms with Crippen LogP contribution in [0.15, 0.2) is 45.7 Å². The molecule has 0 N–H and O–H groups in total. The van der Waals surface area contributed by atoms with E-state index in [0.29, 0.717) is 23.4 Å². The summed E-state index contributed by atoms with van der Waals surface area (Å²) >= 11 is 1.29. The van der Waals surface area contributed by atoms with Crippen molar-refractivity contribution in [3.63, 3.8) is 0 Å². The molecule has 1 aromatic heterocycles. The predicted molar refractivity (Wildman–Crippen MR) is 113 cm³/mol. The van der Waals surface area contributed by atoms with Crippen LogP contribution in [0, 0.1) is 0 Å². The van der Waals surface area contributed by atoms with Crippen molar-refractivity contribution >= 4 is 23.4 Å². The van der Waals surface area contributed by atoms with E-state index >= 15 is 0 Å². The molecule has 28 heavy (non-hydrogen) atoms. The summed E-state index contributed by atoms with van der Waals surface area (Å²) in [5.41, 5.74) is 3.20. The maximum absolute atomic E-state index is 12.5. The number of rotatable bonds is 9. The van der Waals surface area contributed by atoms with Crippen molar-refractivity contribution in [2.24, 2.45) is 0 Å². The molecular weight excluding hydrogens is 372 g/mol. The van der Waals surface area contributed by atoms with Crippen LogP contribution in [0.3, 0.4) is 0 Å². The molecule has 7 heteroatoms. The molecule has 0 aliphatic heterocycles. The summed E-state index contributed by atoms with van der Waals surface area (Å²) in [6.07, 6.45) is 5.34. The summed E-state index contributed by atoms with van der Waals surface area (Å²) in [5, 5.41) is 8.65. The number of amides is 1. The molecule has 6 nitrogen and oxygen atoms in total. The first-order valence-corrected chi connectivity index (χ1v) is 11.0. The van der Waals surface area contributed by atoms with Crippen LogP contribution in [0.5, 0.6) is 0 Å². The van der Waals surface area contributed by atoms with E-state index in [9.17, 15) is 4.79 Å². The fourth-order valence-electron chi connectivity index (χ4n) is 3.43. The number of aromatic nitrogens is 2. The van der Waals surface area contributed by atoms with Crippen molar-refractivity contribution in [2.45, 2.75) is 45.3 Å². The molecule has 0 radical (unpaired) electrons. The van der Waals surface area contributed by atoms with Crippen LogP contribution in [0.25, 0.3) is 11.5 Å². The number of benzene rings is 1. The Labute approximate surface area is 171 Å². The molecule has 1 amide bonds. The monoisotopic (exact) mass is 400 g/mol. The Hall–Kier alpha value is -2.28. The van der Waals surface area contributed by atoms with Crippen LogP contribution < -0.4 is 4.90 Å². The zero-order chi connectivity index (χ0) is 19.9. The third kappa shape index (κ3) is 4.76. The zero-order valence-corrected chi connectivity index (χ0v) is 17.7. The summed E-state index contributed by atoms with van der Waals surface area (Å²) in [5.74, 6) is 0.865. The molecule has 0 unspecified atom stereocenters. The van der Waals surface area contributed by atoms with Gasteiger partial charge in [0.15, 0.2) is 0 Å². The highest BCUT2D eigenvalue weighted by atomic mass is 32.2. The van der Waals surface area contributed by atoms with E-state index in [1.165, 1.54) is 17.4 Å². The quantitative estimate of drug-likeness (QED) is 0.574. The Balaban J connectivity index is 1.60. The van der Waals surface area contributed by atoms with E-state index in [4.69, 9.17) is 4.42 Å². The van der Waals surface area contributed by atoms with Crippen molar-refractivity contribution in [1.29, 1.82) is 0 Å². The van der Waals surface area contributed by atoms with Gasteiger partial charge in [-0.1, -0.05) is 17.8 Å². The number of allylic oxidation sites excluding steroid dienone is 2. The number of nitrogens with zero attached hydrogens (tertiary/aromatic N) is 4. The highest BCUT2D eigenvalue weighted by Gasteiger charge is 2.20. The molecular formula is C21H28N4O2S. The molecule has 1 aliphatic carbocycles. The standard InChI is InChI=1S/C21H28N4O2S/c1-4-24(5-2)17-13-11-16(12-14-17)20-22-23-21(27-20)28-15-19(26)25(6-3)18-9-7-8-10-18/h9,11-14H,4-8,10,15H2,1-3H3. The van der Waals surface area contributed by atoms with E-state index in [1.807, 2.05) is 24.0 Å². The van der Waals surface area contributed by atoms with Crippen molar-refractivity contribution in [1.82, 2.24) is 15.1 Å². The summed E-state index contributed by atoms with van der Waals surface area (Å²) in [6, 6.07) is 8.12. The van der Waals surface area contributed by atoms with E-state index < -0.39 is 0 Å². The lowest BCUT2D eigenvalue weighted by Gasteiger charge is -2.21. The minimum atomic E-state index is 0.0870. The second-order valence-corrected chi connectivity index (χ2v) is 7.53. The highest BCUT2D eigenvalue weighted by Crippen LogP contribution is 2.27. The minimum Gasteiger partial charge on any atom is -0.411 e. The zero-order valence-electron chi connectivity index (χ0n) is 16.9. The SMILES string of the molecule is CCN(C(=O)CSc1nnc(-c2ccc(N(CC)CC)cc2)o1)C1=CCCC1. The lowest BCUT2D eigenvalue weighted by molar-refractivity contribution is -0.126. The molecule has 0 saturated heterocycles. The molecule has 0 bridgehead atoms. The van der Waals surface area contributed by atoms with E-state index in [1.54, 1.807) is 0 Å². The minimum absolute atomic E-state index is 0.0870. The first-order chi connectivity index (χ1) is 13.7. The number of carbonyl (C=O) groups is 1. The number of thioether (sulfide) groups is 1. The fraction of sp³-hybridized carbons (Fsp3) is 0.476. The predicted octanol–water partition coefficient (Wildman–Crippen LogP) is 4.59. The molecule has 1 heterocycles. The fourth-order valence-corrected chi connectivity index (χ4v) is 4.07. The van der Waals surface area contributed by atoms with Crippen LogP contribution in [-0.2, 0) is 4.79 Å². The molecule has 0 atom stereocenters. The first-order valence-electron chi connectivity index (χ1n) is 9.97. The average Bonchev–Trinajstić information content (AvgIpc) is 3.41. The van der Waals surface area contributed by atoms with Crippen LogP contribution in [0.1, 0.15) is 40.0 Å². The summed E-state index contributed by atoms with van der Waals surface area (Å²) in [4.78, 5) is 16.7. The highest BCUT2D eigenvalue weighted by molar-refractivity contribution is 7.99. The molecule has 1 aliphatic rings. The summed E-state index contributed by atoms with van der Waals surface area (Å²) in [7, 11) is 0. The second-order valence-electron chi connectivity index (χ2n) is 6.61. The Morgan fingerprint density at radius 3 is 2.46 bits per heavy atom.